The highest BCUT2D eigenvalue weighted by Gasteiger charge is 2.25. The number of aliphatic hydroxyl groups is 1. The van der Waals surface area contributed by atoms with Gasteiger partial charge in [-0.15, -0.1) is 0 Å². The summed E-state index contributed by atoms with van der Waals surface area (Å²) in [6, 6.07) is 0.148. The first kappa shape index (κ1) is 17.6. The lowest BCUT2D eigenvalue weighted by Crippen LogP contribution is -2.36. The van der Waals surface area contributed by atoms with Gasteiger partial charge in [-0.05, 0) is 26.7 Å². The van der Waals surface area contributed by atoms with Crippen LogP contribution in [0.5, 0.6) is 0 Å². The van der Waals surface area contributed by atoms with Crippen molar-refractivity contribution in [3.8, 4) is 0 Å². The molecule has 1 aliphatic rings. The van der Waals surface area contributed by atoms with Crippen molar-refractivity contribution in [3.63, 3.8) is 0 Å². The quantitative estimate of drug-likeness (QED) is 0.791. The molecule has 0 aromatic carbocycles. The van der Waals surface area contributed by atoms with Crippen LogP contribution in [-0.4, -0.2) is 64.7 Å². The number of hydrogen-bond acceptors (Lipinski definition) is 6. The number of aliphatic hydroxyl groups excluding tert-OH is 1. The van der Waals surface area contributed by atoms with Gasteiger partial charge in [0, 0.05) is 43.5 Å². The number of nitrogens with two attached hydrogens (primary N) is 1. The molecular weight excluding hydrogens is 294 g/mol. The van der Waals surface area contributed by atoms with Gasteiger partial charge in [-0.25, -0.2) is 9.97 Å². The van der Waals surface area contributed by atoms with Crippen molar-refractivity contribution in [2.24, 2.45) is 5.73 Å². The number of carbonyl (C=O) groups is 1. The highest BCUT2D eigenvalue weighted by atomic mass is 16.3. The van der Waals surface area contributed by atoms with Crippen LogP contribution in [0.2, 0.25) is 0 Å². The minimum Gasteiger partial charge on any atom is -0.395 e. The zero-order chi connectivity index (χ0) is 17.0. The van der Waals surface area contributed by atoms with Gasteiger partial charge in [0.05, 0.1) is 6.61 Å². The topological polar surface area (TPSA) is 95.6 Å². The Balaban J connectivity index is 2.32. The summed E-state index contributed by atoms with van der Waals surface area (Å²) in [5.74, 6) is 0.772. The number of aryl methyl sites for hydroxylation is 1. The largest absolute Gasteiger partial charge is 0.395 e. The van der Waals surface area contributed by atoms with Gasteiger partial charge < -0.3 is 20.6 Å². The Kier molecular flexibility index (Phi) is 5.90. The Hall–Kier alpha value is -1.73. The molecule has 7 nitrogen and oxygen atoms in total. The minimum absolute atomic E-state index is 0.0651. The maximum absolute atomic E-state index is 12.7. The van der Waals surface area contributed by atoms with Crippen LogP contribution in [0, 0.1) is 13.8 Å². The molecule has 1 aromatic rings. The van der Waals surface area contributed by atoms with Gasteiger partial charge in [-0.1, -0.05) is 6.92 Å². The number of nitrogens with zero attached hydrogens (tertiary/aromatic N) is 4. The summed E-state index contributed by atoms with van der Waals surface area (Å²) >= 11 is 0. The second kappa shape index (κ2) is 7.70. The summed E-state index contributed by atoms with van der Waals surface area (Å²) in [6.45, 7) is 8.28. The van der Waals surface area contributed by atoms with Crippen LogP contribution in [0.1, 0.15) is 41.6 Å². The molecule has 1 aromatic heterocycles. The summed E-state index contributed by atoms with van der Waals surface area (Å²) in [6.07, 6.45) is 1.75. The SMILES string of the molecule is CCCN(CCO)C(=O)c1nc(C)c(C)c(N2CC[C@@H](N)C2)n1. The van der Waals surface area contributed by atoms with Crippen molar-refractivity contribution in [1.82, 2.24) is 14.9 Å². The average Bonchev–Trinajstić information content (AvgIpc) is 2.95. The molecule has 0 unspecified atom stereocenters. The highest BCUT2D eigenvalue weighted by molar-refractivity contribution is 5.91. The van der Waals surface area contributed by atoms with Crippen LogP contribution in [0.25, 0.3) is 0 Å². The zero-order valence-corrected chi connectivity index (χ0v) is 14.2. The molecular formula is C16H27N5O2. The van der Waals surface area contributed by atoms with Crippen LogP contribution in [0.4, 0.5) is 5.82 Å². The van der Waals surface area contributed by atoms with Crippen LogP contribution in [0.15, 0.2) is 0 Å². The van der Waals surface area contributed by atoms with Gasteiger partial charge in [0.2, 0.25) is 5.82 Å². The lowest BCUT2D eigenvalue weighted by molar-refractivity contribution is 0.0709. The molecule has 1 amide bonds. The van der Waals surface area contributed by atoms with Crippen LogP contribution < -0.4 is 10.6 Å². The fourth-order valence-corrected chi connectivity index (χ4v) is 2.84. The standard InChI is InChI=1S/C16H27N5O2/c1-4-6-20(8-9-22)16(23)14-18-12(3)11(2)15(19-14)21-7-5-13(17)10-21/h13,22H,4-10,17H2,1-3H3/t13-/m1/s1. The van der Waals surface area contributed by atoms with E-state index in [4.69, 9.17) is 10.8 Å². The van der Waals surface area contributed by atoms with E-state index in [1.165, 1.54) is 0 Å². The molecule has 2 rings (SSSR count). The molecule has 23 heavy (non-hydrogen) atoms. The van der Waals surface area contributed by atoms with E-state index < -0.39 is 0 Å². The molecule has 0 spiro atoms. The van der Waals surface area contributed by atoms with Gasteiger partial charge in [0.1, 0.15) is 5.82 Å². The second-order valence-electron chi connectivity index (χ2n) is 6.09. The monoisotopic (exact) mass is 321 g/mol. The molecule has 3 N–H and O–H groups in total. The molecule has 0 radical (unpaired) electrons. The van der Waals surface area contributed by atoms with Gasteiger partial charge in [-0.3, -0.25) is 4.79 Å². The molecule has 128 valence electrons. The van der Waals surface area contributed by atoms with Crippen LogP contribution >= 0.6 is 0 Å². The third-order valence-corrected chi connectivity index (χ3v) is 4.23. The third-order valence-electron chi connectivity index (χ3n) is 4.23. The van der Waals surface area contributed by atoms with Crippen molar-refractivity contribution < 1.29 is 9.90 Å². The first-order valence-electron chi connectivity index (χ1n) is 8.23. The van der Waals surface area contributed by atoms with Crippen molar-refractivity contribution in [3.05, 3.63) is 17.1 Å². The second-order valence-corrected chi connectivity index (χ2v) is 6.09. The summed E-state index contributed by atoms with van der Waals surface area (Å²) in [4.78, 5) is 25.3. The molecule has 2 heterocycles. The normalized spacial score (nSPS) is 17.6. The Morgan fingerprint density at radius 1 is 1.39 bits per heavy atom. The zero-order valence-electron chi connectivity index (χ0n) is 14.2. The summed E-state index contributed by atoms with van der Waals surface area (Å²) < 4.78 is 0. The van der Waals surface area contributed by atoms with Gasteiger partial charge in [0.25, 0.3) is 5.91 Å². The number of carbonyl (C=O) groups excluding carboxylic acids is 1. The lowest BCUT2D eigenvalue weighted by atomic mass is 10.2. The van der Waals surface area contributed by atoms with Crippen molar-refractivity contribution in [2.75, 3.05) is 37.7 Å². The van der Waals surface area contributed by atoms with Crippen molar-refractivity contribution in [1.29, 1.82) is 0 Å². The summed E-state index contributed by atoms with van der Waals surface area (Å²) in [5.41, 5.74) is 7.78. The molecule has 7 heteroatoms. The van der Waals surface area contributed by atoms with Gasteiger partial charge >= 0.3 is 0 Å². The third kappa shape index (κ3) is 3.97. The number of amides is 1. The van der Waals surface area contributed by atoms with E-state index in [-0.39, 0.29) is 24.4 Å². The van der Waals surface area contributed by atoms with Gasteiger partial charge in [0.15, 0.2) is 0 Å². The molecule has 0 saturated carbocycles. The maximum Gasteiger partial charge on any atom is 0.291 e. The van der Waals surface area contributed by atoms with E-state index >= 15 is 0 Å². The molecule has 1 atom stereocenters. The fraction of sp³-hybridized carbons (Fsp3) is 0.688. The number of rotatable bonds is 6. The summed E-state index contributed by atoms with van der Waals surface area (Å²) in [5, 5.41) is 9.16. The van der Waals surface area contributed by atoms with E-state index in [2.05, 4.69) is 14.9 Å². The number of aromatic nitrogens is 2. The van der Waals surface area contributed by atoms with E-state index in [0.29, 0.717) is 13.1 Å². The maximum atomic E-state index is 12.7. The van der Waals surface area contributed by atoms with Crippen molar-refractivity contribution >= 4 is 11.7 Å². The smallest absolute Gasteiger partial charge is 0.291 e. The fourth-order valence-electron chi connectivity index (χ4n) is 2.84. The van der Waals surface area contributed by atoms with E-state index in [0.717, 1.165) is 43.0 Å². The molecule has 0 bridgehead atoms. The predicted octanol–water partition coefficient (Wildman–Crippen LogP) is 0.475. The Bertz CT molecular complexity index is 558. The predicted molar refractivity (Wildman–Crippen MR) is 89.6 cm³/mol. The lowest BCUT2D eigenvalue weighted by Gasteiger charge is -2.23. The first-order valence-corrected chi connectivity index (χ1v) is 8.23. The van der Waals surface area contributed by atoms with Crippen molar-refractivity contribution in [2.45, 2.75) is 39.7 Å². The Labute approximate surface area is 137 Å². The molecule has 0 aliphatic carbocycles. The molecule has 1 fully saturated rings. The number of hydrogen-bond donors (Lipinski definition) is 2. The van der Waals surface area contributed by atoms with E-state index in [9.17, 15) is 4.79 Å². The van der Waals surface area contributed by atoms with Gasteiger partial charge in [-0.2, -0.15) is 0 Å². The Morgan fingerprint density at radius 2 is 2.13 bits per heavy atom. The average molecular weight is 321 g/mol. The van der Waals surface area contributed by atoms with Crippen LogP contribution in [0.3, 0.4) is 0 Å². The van der Waals surface area contributed by atoms with Crippen LogP contribution in [-0.2, 0) is 0 Å². The number of anilines is 1. The minimum atomic E-state index is -0.228. The first-order chi connectivity index (χ1) is 11.0. The highest BCUT2D eigenvalue weighted by Crippen LogP contribution is 2.23. The Morgan fingerprint density at radius 3 is 2.70 bits per heavy atom. The van der Waals surface area contributed by atoms with E-state index in [1.807, 2.05) is 20.8 Å². The molecule has 1 aliphatic heterocycles. The van der Waals surface area contributed by atoms with E-state index in [1.54, 1.807) is 4.90 Å². The summed E-state index contributed by atoms with van der Waals surface area (Å²) in [7, 11) is 0. The molecule has 1 saturated heterocycles.